The third-order valence-electron chi connectivity index (χ3n) is 3.70. The van der Waals surface area contributed by atoms with E-state index in [1.807, 2.05) is 0 Å². The molecule has 3 heteroatoms. The van der Waals surface area contributed by atoms with Gasteiger partial charge in [-0.1, -0.05) is 33.6 Å². The first-order chi connectivity index (χ1) is 7.66. The molecule has 1 saturated carbocycles. The molecule has 0 radical (unpaired) electrons. The Morgan fingerprint density at radius 1 is 1.31 bits per heavy atom. The zero-order valence-electron chi connectivity index (χ0n) is 10.7. The Balaban J connectivity index is 2.24. The number of aryl methyl sites for hydroxylation is 1. The molecule has 0 saturated heterocycles. The number of nitrogens with one attached hydrogen (secondary N) is 1. The molecule has 0 atom stereocenters. The number of H-pyrrole nitrogens is 1. The molecule has 1 aromatic rings. The molecule has 0 aliphatic heterocycles. The molecule has 0 spiro atoms. The van der Waals surface area contributed by atoms with Crippen LogP contribution in [-0.4, -0.2) is 15.2 Å². The van der Waals surface area contributed by atoms with Gasteiger partial charge in [0.1, 0.15) is 5.82 Å². The number of aromatic amines is 1. The van der Waals surface area contributed by atoms with Gasteiger partial charge in [0, 0.05) is 11.8 Å². The Kier molecular flexibility index (Phi) is 3.31. The molecule has 1 N–H and O–H groups in total. The van der Waals surface area contributed by atoms with Crippen molar-refractivity contribution in [2.24, 2.45) is 5.92 Å². The number of aromatic nitrogens is 3. The standard InChI is InChI=1S/C13H23N3/c1-4-11-14-12(16-15-11)13(9-10(2)3)7-5-6-8-13/h10H,4-9H2,1-3H3,(H,14,15,16). The fraction of sp³-hybridized carbons (Fsp3) is 0.846. The number of hydrogen-bond donors (Lipinski definition) is 1. The van der Waals surface area contributed by atoms with Gasteiger partial charge in [-0.05, 0) is 25.2 Å². The van der Waals surface area contributed by atoms with Crippen molar-refractivity contribution in [3.05, 3.63) is 11.6 Å². The highest BCUT2D eigenvalue weighted by Crippen LogP contribution is 2.44. The number of nitrogens with zero attached hydrogens (tertiary/aromatic N) is 2. The first kappa shape index (κ1) is 11.6. The van der Waals surface area contributed by atoms with Crippen LogP contribution < -0.4 is 0 Å². The average Bonchev–Trinajstić information content (AvgIpc) is 2.84. The monoisotopic (exact) mass is 221 g/mol. The zero-order chi connectivity index (χ0) is 11.6. The van der Waals surface area contributed by atoms with E-state index in [4.69, 9.17) is 0 Å². The normalized spacial score (nSPS) is 19.5. The minimum Gasteiger partial charge on any atom is -0.263 e. The van der Waals surface area contributed by atoms with E-state index in [-0.39, 0.29) is 5.41 Å². The van der Waals surface area contributed by atoms with Crippen molar-refractivity contribution in [2.75, 3.05) is 0 Å². The highest BCUT2D eigenvalue weighted by atomic mass is 15.2. The Hall–Kier alpha value is -0.860. The minimum atomic E-state index is 0.276. The first-order valence-corrected chi connectivity index (χ1v) is 6.58. The van der Waals surface area contributed by atoms with Crippen molar-refractivity contribution >= 4 is 0 Å². The van der Waals surface area contributed by atoms with Gasteiger partial charge >= 0.3 is 0 Å². The van der Waals surface area contributed by atoms with Crippen LogP contribution in [0.1, 0.15) is 64.5 Å². The molecule has 0 amide bonds. The van der Waals surface area contributed by atoms with Crippen LogP contribution in [0.25, 0.3) is 0 Å². The maximum atomic E-state index is 4.67. The lowest BCUT2D eigenvalue weighted by Gasteiger charge is -2.27. The second-order valence-electron chi connectivity index (χ2n) is 5.54. The molecule has 16 heavy (non-hydrogen) atoms. The second-order valence-corrected chi connectivity index (χ2v) is 5.54. The number of hydrogen-bond acceptors (Lipinski definition) is 2. The predicted octanol–water partition coefficient (Wildman–Crippen LogP) is 3.23. The molecule has 1 fully saturated rings. The van der Waals surface area contributed by atoms with Crippen molar-refractivity contribution in [1.29, 1.82) is 0 Å². The number of rotatable bonds is 4. The van der Waals surface area contributed by atoms with E-state index in [1.165, 1.54) is 32.1 Å². The van der Waals surface area contributed by atoms with Gasteiger partial charge in [-0.2, -0.15) is 5.10 Å². The molecule has 0 unspecified atom stereocenters. The van der Waals surface area contributed by atoms with Gasteiger partial charge in [0.15, 0.2) is 5.82 Å². The zero-order valence-corrected chi connectivity index (χ0v) is 10.7. The summed E-state index contributed by atoms with van der Waals surface area (Å²) in [6.45, 7) is 6.72. The van der Waals surface area contributed by atoms with Crippen molar-refractivity contribution in [3.8, 4) is 0 Å². The summed E-state index contributed by atoms with van der Waals surface area (Å²) in [7, 11) is 0. The fourth-order valence-corrected chi connectivity index (χ4v) is 3.04. The molecule has 1 aliphatic carbocycles. The maximum Gasteiger partial charge on any atom is 0.156 e. The van der Waals surface area contributed by atoms with Crippen molar-refractivity contribution in [1.82, 2.24) is 15.2 Å². The van der Waals surface area contributed by atoms with Crippen molar-refractivity contribution in [3.63, 3.8) is 0 Å². The van der Waals surface area contributed by atoms with Crippen LogP contribution in [0.5, 0.6) is 0 Å². The van der Waals surface area contributed by atoms with E-state index in [1.54, 1.807) is 0 Å². The van der Waals surface area contributed by atoms with E-state index in [0.29, 0.717) is 0 Å². The van der Waals surface area contributed by atoms with Gasteiger partial charge in [0.2, 0.25) is 0 Å². The molecular formula is C13H23N3. The van der Waals surface area contributed by atoms with E-state index in [0.717, 1.165) is 24.0 Å². The molecule has 1 aromatic heterocycles. The van der Waals surface area contributed by atoms with Crippen LogP contribution in [0.15, 0.2) is 0 Å². The molecule has 90 valence electrons. The molecule has 1 aliphatic rings. The highest BCUT2D eigenvalue weighted by molar-refractivity contribution is 5.11. The molecule has 2 rings (SSSR count). The summed E-state index contributed by atoms with van der Waals surface area (Å²) in [4.78, 5) is 4.67. The van der Waals surface area contributed by atoms with Crippen LogP contribution in [0.4, 0.5) is 0 Å². The third-order valence-corrected chi connectivity index (χ3v) is 3.70. The minimum absolute atomic E-state index is 0.276. The second kappa shape index (κ2) is 4.56. The van der Waals surface area contributed by atoms with Crippen molar-refractivity contribution in [2.45, 2.75) is 64.7 Å². The smallest absolute Gasteiger partial charge is 0.156 e. The van der Waals surface area contributed by atoms with Gasteiger partial charge in [-0.15, -0.1) is 0 Å². The van der Waals surface area contributed by atoms with E-state index in [9.17, 15) is 0 Å². The SMILES string of the molecule is CCc1nc(C2(CC(C)C)CCCC2)n[nH]1. The average molecular weight is 221 g/mol. The van der Waals surface area contributed by atoms with Gasteiger partial charge < -0.3 is 0 Å². The summed E-state index contributed by atoms with van der Waals surface area (Å²) < 4.78 is 0. The Bertz CT molecular complexity index is 335. The molecule has 0 aromatic carbocycles. The van der Waals surface area contributed by atoms with E-state index in [2.05, 4.69) is 36.0 Å². The highest BCUT2D eigenvalue weighted by Gasteiger charge is 2.39. The maximum absolute atomic E-state index is 4.67. The van der Waals surface area contributed by atoms with Gasteiger partial charge in [0.25, 0.3) is 0 Å². The molecule has 0 bridgehead atoms. The van der Waals surface area contributed by atoms with Crippen LogP contribution in [0, 0.1) is 5.92 Å². The summed E-state index contributed by atoms with van der Waals surface area (Å²) in [5.41, 5.74) is 0.276. The lowest BCUT2D eigenvalue weighted by Crippen LogP contribution is -2.26. The molecular weight excluding hydrogens is 198 g/mol. The Morgan fingerprint density at radius 2 is 2.00 bits per heavy atom. The summed E-state index contributed by atoms with van der Waals surface area (Å²) in [6, 6.07) is 0. The summed E-state index contributed by atoms with van der Waals surface area (Å²) in [6.07, 6.45) is 7.39. The van der Waals surface area contributed by atoms with Crippen LogP contribution >= 0.6 is 0 Å². The van der Waals surface area contributed by atoms with Crippen LogP contribution in [0.2, 0.25) is 0 Å². The van der Waals surface area contributed by atoms with Crippen molar-refractivity contribution < 1.29 is 0 Å². The largest absolute Gasteiger partial charge is 0.263 e. The lowest BCUT2D eigenvalue weighted by molar-refractivity contribution is 0.329. The third kappa shape index (κ3) is 2.13. The first-order valence-electron chi connectivity index (χ1n) is 6.58. The van der Waals surface area contributed by atoms with Gasteiger partial charge in [-0.25, -0.2) is 4.98 Å². The topological polar surface area (TPSA) is 41.6 Å². The van der Waals surface area contributed by atoms with Gasteiger partial charge in [-0.3, -0.25) is 5.10 Å². The summed E-state index contributed by atoms with van der Waals surface area (Å²) in [5, 5.41) is 7.53. The van der Waals surface area contributed by atoms with E-state index < -0.39 is 0 Å². The van der Waals surface area contributed by atoms with Gasteiger partial charge in [0.05, 0.1) is 0 Å². The fourth-order valence-electron chi connectivity index (χ4n) is 3.04. The predicted molar refractivity (Wildman–Crippen MR) is 65.4 cm³/mol. The quantitative estimate of drug-likeness (QED) is 0.848. The molecule has 3 nitrogen and oxygen atoms in total. The Morgan fingerprint density at radius 3 is 2.50 bits per heavy atom. The molecule has 1 heterocycles. The Labute approximate surface area is 98.1 Å². The summed E-state index contributed by atoms with van der Waals surface area (Å²) >= 11 is 0. The van der Waals surface area contributed by atoms with Crippen LogP contribution in [0.3, 0.4) is 0 Å². The summed E-state index contributed by atoms with van der Waals surface area (Å²) in [5.74, 6) is 2.84. The van der Waals surface area contributed by atoms with E-state index >= 15 is 0 Å². The lowest BCUT2D eigenvalue weighted by atomic mass is 9.78. The van der Waals surface area contributed by atoms with Crippen LogP contribution in [-0.2, 0) is 11.8 Å².